The van der Waals surface area contributed by atoms with E-state index < -0.39 is 0 Å². The van der Waals surface area contributed by atoms with E-state index in [9.17, 15) is 4.79 Å². The van der Waals surface area contributed by atoms with Crippen LogP contribution >= 0.6 is 11.8 Å². The molecule has 0 atom stereocenters. The molecule has 1 N–H and O–H groups in total. The molecule has 1 aliphatic rings. The summed E-state index contributed by atoms with van der Waals surface area (Å²) in [6, 6.07) is 7.89. The second kappa shape index (κ2) is 6.96. The maximum atomic E-state index is 12.5. The minimum atomic E-state index is 0.153. The predicted molar refractivity (Wildman–Crippen MR) is 86.9 cm³/mol. The summed E-state index contributed by atoms with van der Waals surface area (Å²) in [5, 5.41) is 7.69. The van der Waals surface area contributed by atoms with Crippen molar-refractivity contribution >= 4 is 17.7 Å². The molecular weight excluding hydrogens is 296 g/mol. The lowest BCUT2D eigenvalue weighted by Gasteiger charge is -2.26. The average molecular weight is 316 g/mol. The number of rotatable bonds is 4. The van der Waals surface area contributed by atoms with Crippen molar-refractivity contribution in [2.45, 2.75) is 37.1 Å². The molecule has 0 radical (unpaired) electrons. The van der Waals surface area contributed by atoms with Crippen LogP contribution in [0, 0.1) is 6.92 Å². The second-order valence-electron chi connectivity index (χ2n) is 5.55. The maximum absolute atomic E-state index is 12.5. The molecule has 1 amide bonds. The molecule has 1 aromatic heterocycles. The smallest absolute Gasteiger partial charge is 0.253 e. The summed E-state index contributed by atoms with van der Waals surface area (Å²) in [7, 11) is 0. The third kappa shape index (κ3) is 3.68. The third-order valence-corrected chi connectivity index (χ3v) is 4.68. The van der Waals surface area contributed by atoms with Crippen molar-refractivity contribution in [1.29, 1.82) is 0 Å². The first-order chi connectivity index (χ1) is 10.7. The molecule has 2 aromatic rings. The Kier molecular flexibility index (Phi) is 4.77. The largest absolute Gasteiger partial charge is 0.339 e. The van der Waals surface area contributed by atoms with E-state index in [0.717, 1.165) is 53.8 Å². The number of aromatic amines is 1. The minimum absolute atomic E-state index is 0.153. The van der Waals surface area contributed by atoms with Gasteiger partial charge in [-0.05, 0) is 43.9 Å². The highest BCUT2D eigenvalue weighted by atomic mass is 32.2. The molecule has 1 aliphatic heterocycles. The number of amides is 1. The van der Waals surface area contributed by atoms with Gasteiger partial charge in [0.1, 0.15) is 5.82 Å². The average Bonchev–Trinajstić information content (AvgIpc) is 2.99. The Hall–Kier alpha value is -1.82. The van der Waals surface area contributed by atoms with E-state index in [1.165, 1.54) is 6.42 Å². The van der Waals surface area contributed by atoms with Crippen LogP contribution in [-0.2, 0) is 5.75 Å². The van der Waals surface area contributed by atoms with E-state index in [2.05, 4.69) is 15.2 Å². The summed E-state index contributed by atoms with van der Waals surface area (Å²) in [6.07, 6.45) is 3.47. The van der Waals surface area contributed by atoms with Crippen molar-refractivity contribution in [3.8, 4) is 0 Å². The van der Waals surface area contributed by atoms with Gasteiger partial charge in [0, 0.05) is 24.4 Å². The van der Waals surface area contributed by atoms with Crippen LogP contribution in [0.2, 0.25) is 0 Å². The van der Waals surface area contributed by atoms with Crippen LogP contribution in [0.5, 0.6) is 0 Å². The van der Waals surface area contributed by atoms with Crippen LogP contribution in [0.1, 0.15) is 41.0 Å². The van der Waals surface area contributed by atoms with Crippen LogP contribution in [0.3, 0.4) is 0 Å². The van der Waals surface area contributed by atoms with Gasteiger partial charge in [0.05, 0.1) is 0 Å². The Bertz CT molecular complexity index is 649. The van der Waals surface area contributed by atoms with Gasteiger partial charge < -0.3 is 4.90 Å². The lowest BCUT2D eigenvalue weighted by molar-refractivity contribution is 0.0724. The summed E-state index contributed by atoms with van der Waals surface area (Å²) < 4.78 is 0. The summed E-state index contributed by atoms with van der Waals surface area (Å²) in [4.78, 5) is 18.8. The first-order valence-corrected chi connectivity index (χ1v) is 8.61. The van der Waals surface area contributed by atoms with Crippen LogP contribution in [0.25, 0.3) is 0 Å². The van der Waals surface area contributed by atoms with Crippen molar-refractivity contribution in [3.63, 3.8) is 0 Å². The molecule has 0 spiro atoms. The lowest BCUT2D eigenvalue weighted by Crippen LogP contribution is -2.35. The zero-order valence-corrected chi connectivity index (χ0v) is 13.5. The number of carbonyl (C=O) groups is 1. The maximum Gasteiger partial charge on any atom is 0.253 e. The van der Waals surface area contributed by atoms with Gasteiger partial charge in [-0.3, -0.25) is 9.89 Å². The summed E-state index contributed by atoms with van der Waals surface area (Å²) in [5.41, 5.74) is 1.90. The molecular formula is C16H20N4OS. The molecule has 0 saturated carbocycles. The van der Waals surface area contributed by atoms with Crippen LogP contribution in [-0.4, -0.2) is 39.1 Å². The van der Waals surface area contributed by atoms with E-state index in [1.807, 2.05) is 36.1 Å². The monoisotopic (exact) mass is 316 g/mol. The van der Waals surface area contributed by atoms with E-state index in [-0.39, 0.29) is 5.91 Å². The number of nitrogens with one attached hydrogen (secondary N) is 1. The van der Waals surface area contributed by atoms with Gasteiger partial charge in [-0.2, -0.15) is 0 Å². The van der Waals surface area contributed by atoms with Gasteiger partial charge in [-0.25, -0.2) is 4.98 Å². The molecule has 0 aliphatic carbocycles. The predicted octanol–water partition coefficient (Wildman–Crippen LogP) is 3.03. The summed E-state index contributed by atoms with van der Waals surface area (Å²) in [5.74, 6) is 1.73. The molecule has 116 valence electrons. The second-order valence-corrected chi connectivity index (χ2v) is 6.49. The molecule has 2 heterocycles. The van der Waals surface area contributed by atoms with E-state index in [0.29, 0.717) is 0 Å². The van der Waals surface area contributed by atoms with Gasteiger partial charge in [0.25, 0.3) is 5.91 Å². The zero-order chi connectivity index (χ0) is 15.4. The van der Waals surface area contributed by atoms with E-state index >= 15 is 0 Å². The highest BCUT2D eigenvalue weighted by Crippen LogP contribution is 2.20. The molecule has 1 aromatic carbocycles. The van der Waals surface area contributed by atoms with Crippen LogP contribution in [0.4, 0.5) is 0 Å². The molecule has 3 rings (SSSR count). The first kappa shape index (κ1) is 15.1. The topological polar surface area (TPSA) is 61.9 Å². The Morgan fingerprint density at radius 1 is 1.32 bits per heavy atom. The van der Waals surface area contributed by atoms with Gasteiger partial charge in [-0.15, -0.1) is 5.10 Å². The molecule has 1 saturated heterocycles. The van der Waals surface area contributed by atoms with Crippen molar-refractivity contribution in [3.05, 3.63) is 41.2 Å². The van der Waals surface area contributed by atoms with Crippen molar-refractivity contribution in [2.24, 2.45) is 0 Å². The highest BCUT2D eigenvalue weighted by Gasteiger charge is 2.18. The number of carbonyl (C=O) groups excluding carboxylic acids is 1. The van der Waals surface area contributed by atoms with Gasteiger partial charge in [-0.1, -0.05) is 23.9 Å². The highest BCUT2D eigenvalue weighted by molar-refractivity contribution is 7.98. The van der Waals surface area contributed by atoms with Crippen LogP contribution < -0.4 is 0 Å². The molecule has 1 fully saturated rings. The number of hydrogen-bond acceptors (Lipinski definition) is 4. The first-order valence-electron chi connectivity index (χ1n) is 7.62. The number of hydrogen-bond donors (Lipinski definition) is 1. The number of piperidine rings is 1. The fraction of sp³-hybridized carbons (Fsp3) is 0.438. The molecule has 0 bridgehead atoms. The van der Waals surface area contributed by atoms with Crippen molar-refractivity contribution < 1.29 is 4.79 Å². The number of thioether (sulfide) groups is 1. The van der Waals surface area contributed by atoms with Crippen LogP contribution in [0.15, 0.2) is 29.4 Å². The van der Waals surface area contributed by atoms with Crippen molar-refractivity contribution in [1.82, 2.24) is 20.1 Å². The van der Waals surface area contributed by atoms with Gasteiger partial charge in [0.2, 0.25) is 5.16 Å². The Balaban J connectivity index is 1.65. The van der Waals surface area contributed by atoms with E-state index in [1.54, 1.807) is 11.8 Å². The summed E-state index contributed by atoms with van der Waals surface area (Å²) >= 11 is 1.57. The Morgan fingerprint density at radius 2 is 2.14 bits per heavy atom. The number of aromatic nitrogens is 3. The SMILES string of the molecule is Cc1nc(SCc2cccc(C(=O)N3CCCCC3)c2)n[nH]1. The quantitative estimate of drug-likeness (QED) is 0.881. The molecule has 0 unspecified atom stereocenters. The Labute approximate surface area is 134 Å². The Morgan fingerprint density at radius 3 is 2.86 bits per heavy atom. The molecule has 6 heteroatoms. The van der Waals surface area contributed by atoms with E-state index in [4.69, 9.17) is 0 Å². The number of nitrogens with zero attached hydrogens (tertiary/aromatic N) is 3. The van der Waals surface area contributed by atoms with Gasteiger partial charge >= 0.3 is 0 Å². The van der Waals surface area contributed by atoms with Gasteiger partial charge in [0.15, 0.2) is 0 Å². The summed E-state index contributed by atoms with van der Waals surface area (Å²) in [6.45, 7) is 3.65. The molecule has 22 heavy (non-hydrogen) atoms. The van der Waals surface area contributed by atoms with Crippen molar-refractivity contribution in [2.75, 3.05) is 13.1 Å². The standard InChI is InChI=1S/C16H20N4OS/c1-12-17-16(19-18-12)22-11-13-6-5-7-14(10-13)15(21)20-8-3-2-4-9-20/h5-7,10H,2-4,8-9,11H2,1H3,(H,17,18,19). The number of aryl methyl sites for hydroxylation is 1. The fourth-order valence-corrected chi connectivity index (χ4v) is 3.40. The number of likely N-dealkylation sites (tertiary alicyclic amines) is 1. The third-order valence-electron chi connectivity index (χ3n) is 3.76. The number of H-pyrrole nitrogens is 1. The number of benzene rings is 1. The zero-order valence-electron chi connectivity index (χ0n) is 12.7. The fourth-order valence-electron chi connectivity index (χ4n) is 2.61. The lowest BCUT2D eigenvalue weighted by atomic mass is 10.1. The molecule has 5 nitrogen and oxygen atoms in total. The normalized spacial score (nSPS) is 15.0. The minimum Gasteiger partial charge on any atom is -0.339 e.